The van der Waals surface area contributed by atoms with Gasteiger partial charge in [0.15, 0.2) is 0 Å². The predicted molar refractivity (Wildman–Crippen MR) is 142 cm³/mol. The van der Waals surface area contributed by atoms with Gasteiger partial charge >= 0.3 is 0 Å². The number of rotatable bonds is 6. The maximum absolute atomic E-state index is 14.4. The first kappa shape index (κ1) is 26.1. The molecule has 4 N–H and O–H groups in total. The number of hydrogen-bond donors (Lipinski definition) is 3. The van der Waals surface area contributed by atoms with Crippen LogP contribution >= 0.6 is 11.6 Å². The van der Waals surface area contributed by atoms with E-state index in [4.69, 9.17) is 17.3 Å². The molecule has 0 atom stereocenters. The SMILES string of the molecule is Nc1cc(Cn2c(C(=O)NS(=O)(=O)c3ccc(F)cc3F)c(-c3ccc[nH]c3=O)c3cc(Cl)ccc32)ccn1. The van der Waals surface area contributed by atoms with E-state index < -0.39 is 38.0 Å². The first-order chi connectivity index (χ1) is 18.5. The maximum Gasteiger partial charge on any atom is 0.282 e. The monoisotopic (exact) mass is 569 g/mol. The molecule has 1 amide bonds. The van der Waals surface area contributed by atoms with Gasteiger partial charge in [-0.3, -0.25) is 9.59 Å². The van der Waals surface area contributed by atoms with Crippen molar-refractivity contribution >= 4 is 44.3 Å². The van der Waals surface area contributed by atoms with E-state index in [0.29, 0.717) is 33.6 Å². The van der Waals surface area contributed by atoms with Gasteiger partial charge in [-0.05, 0) is 60.2 Å². The molecule has 198 valence electrons. The number of carbonyl (C=O) groups is 1. The Labute approximate surface area is 224 Å². The van der Waals surface area contributed by atoms with Crippen molar-refractivity contribution in [2.24, 2.45) is 0 Å². The van der Waals surface area contributed by atoms with E-state index in [1.165, 1.54) is 23.0 Å². The molecule has 0 saturated carbocycles. The Balaban J connectivity index is 1.77. The first-order valence-electron chi connectivity index (χ1n) is 11.3. The Morgan fingerprint density at radius 1 is 1.10 bits per heavy atom. The van der Waals surface area contributed by atoms with Gasteiger partial charge < -0.3 is 15.3 Å². The molecule has 0 saturated heterocycles. The zero-order chi connectivity index (χ0) is 27.9. The van der Waals surface area contributed by atoms with Crippen molar-refractivity contribution in [1.29, 1.82) is 0 Å². The van der Waals surface area contributed by atoms with E-state index in [2.05, 4.69) is 9.97 Å². The molecule has 39 heavy (non-hydrogen) atoms. The van der Waals surface area contributed by atoms with Crippen LogP contribution in [0.4, 0.5) is 14.6 Å². The molecule has 0 aliphatic rings. The molecule has 0 unspecified atom stereocenters. The molecule has 0 fully saturated rings. The van der Waals surface area contributed by atoms with Crippen LogP contribution in [0.2, 0.25) is 5.02 Å². The molecule has 9 nitrogen and oxygen atoms in total. The van der Waals surface area contributed by atoms with Crippen molar-refractivity contribution < 1.29 is 22.0 Å². The number of halogens is 3. The highest BCUT2D eigenvalue weighted by Crippen LogP contribution is 2.36. The van der Waals surface area contributed by atoms with Crippen LogP contribution in [0.15, 0.2) is 82.7 Å². The van der Waals surface area contributed by atoms with Gasteiger partial charge in [-0.1, -0.05) is 11.6 Å². The van der Waals surface area contributed by atoms with Crippen molar-refractivity contribution in [3.8, 4) is 11.1 Å². The van der Waals surface area contributed by atoms with Crippen LogP contribution in [0.3, 0.4) is 0 Å². The highest BCUT2D eigenvalue weighted by Gasteiger charge is 2.30. The van der Waals surface area contributed by atoms with Crippen LogP contribution in [-0.2, 0) is 16.6 Å². The second-order valence-electron chi connectivity index (χ2n) is 8.48. The van der Waals surface area contributed by atoms with Gasteiger partial charge in [0.25, 0.3) is 21.5 Å². The summed E-state index contributed by atoms with van der Waals surface area (Å²) < 4.78 is 57.2. The normalized spacial score (nSPS) is 11.6. The molecular weight excluding hydrogens is 552 g/mol. The van der Waals surface area contributed by atoms with Crippen LogP contribution in [-0.4, -0.2) is 28.9 Å². The molecule has 0 aliphatic heterocycles. The molecule has 0 spiro atoms. The number of sulfonamides is 1. The van der Waals surface area contributed by atoms with Crippen LogP contribution in [0, 0.1) is 11.6 Å². The fraction of sp³-hybridized carbons (Fsp3) is 0.0385. The third-order valence-corrected chi connectivity index (χ3v) is 7.52. The Morgan fingerprint density at radius 2 is 1.90 bits per heavy atom. The summed E-state index contributed by atoms with van der Waals surface area (Å²) in [6.07, 6.45) is 2.87. The predicted octanol–water partition coefficient (Wildman–Crippen LogP) is 4.07. The van der Waals surface area contributed by atoms with Crippen LogP contribution in [0.25, 0.3) is 22.0 Å². The van der Waals surface area contributed by atoms with Crippen molar-refractivity contribution in [2.45, 2.75) is 11.4 Å². The summed E-state index contributed by atoms with van der Waals surface area (Å²) in [4.78, 5) is 32.2. The Hall–Kier alpha value is -4.55. The van der Waals surface area contributed by atoms with Crippen molar-refractivity contribution in [3.63, 3.8) is 0 Å². The number of fused-ring (bicyclic) bond motifs is 1. The van der Waals surface area contributed by atoms with E-state index in [0.717, 1.165) is 6.07 Å². The fourth-order valence-corrected chi connectivity index (χ4v) is 5.50. The number of hydrogen-bond acceptors (Lipinski definition) is 6. The smallest absolute Gasteiger partial charge is 0.282 e. The highest BCUT2D eigenvalue weighted by molar-refractivity contribution is 7.90. The molecule has 0 aliphatic carbocycles. The van der Waals surface area contributed by atoms with E-state index in [-0.39, 0.29) is 29.2 Å². The fourth-order valence-electron chi connectivity index (χ4n) is 4.31. The van der Waals surface area contributed by atoms with Gasteiger partial charge in [0.1, 0.15) is 28.0 Å². The lowest BCUT2D eigenvalue weighted by Crippen LogP contribution is -2.33. The molecule has 0 radical (unpaired) electrons. The summed E-state index contributed by atoms with van der Waals surface area (Å²) >= 11 is 6.27. The van der Waals surface area contributed by atoms with Crippen molar-refractivity contribution in [3.05, 3.63) is 111 Å². The number of pyridine rings is 2. The largest absolute Gasteiger partial charge is 0.384 e. The first-order valence-corrected chi connectivity index (χ1v) is 13.1. The number of nitrogen functional groups attached to an aromatic ring is 1. The quantitative estimate of drug-likeness (QED) is 0.282. The molecule has 2 aromatic carbocycles. The molecule has 5 aromatic rings. The van der Waals surface area contributed by atoms with E-state index >= 15 is 0 Å². The zero-order valence-electron chi connectivity index (χ0n) is 19.8. The Morgan fingerprint density at radius 3 is 2.62 bits per heavy atom. The molecule has 5 rings (SSSR count). The van der Waals surface area contributed by atoms with Crippen LogP contribution < -0.4 is 16.0 Å². The van der Waals surface area contributed by atoms with Gasteiger partial charge in [-0.15, -0.1) is 0 Å². The number of nitrogens with zero attached hydrogens (tertiary/aromatic N) is 2. The maximum atomic E-state index is 14.4. The van der Waals surface area contributed by atoms with E-state index in [1.807, 2.05) is 4.72 Å². The third-order valence-electron chi connectivity index (χ3n) is 5.92. The number of aromatic amines is 1. The molecule has 3 heterocycles. The molecule has 3 aromatic heterocycles. The lowest BCUT2D eigenvalue weighted by Gasteiger charge is -2.14. The van der Waals surface area contributed by atoms with Crippen LogP contribution in [0.1, 0.15) is 16.1 Å². The van der Waals surface area contributed by atoms with Crippen LogP contribution in [0.5, 0.6) is 0 Å². The van der Waals surface area contributed by atoms with E-state index in [9.17, 15) is 26.8 Å². The minimum atomic E-state index is -4.80. The highest BCUT2D eigenvalue weighted by atomic mass is 35.5. The summed E-state index contributed by atoms with van der Waals surface area (Å²) in [6.45, 7) is 0.0172. The number of amides is 1. The topological polar surface area (TPSA) is 140 Å². The zero-order valence-corrected chi connectivity index (χ0v) is 21.4. The summed E-state index contributed by atoms with van der Waals surface area (Å²) in [6, 6.07) is 12.8. The number of aromatic nitrogens is 3. The third kappa shape index (κ3) is 4.99. The number of anilines is 1. The number of carbonyl (C=O) groups excluding carboxylic acids is 1. The molecule has 13 heteroatoms. The summed E-state index contributed by atoms with van der Waals surface area (Å²) in [5, 5.41) is 0.686. The number of nitrogens with two attached hydrogens (primary N) is 1. The van der Waals surface area contributed by atoms with Gasteiger partial charge in [-0.2, -0.15) is 0 Å². The average Bonchev–Trinajstić information content (AvgIpc) is 3.16. The van der Waals surface area contributed by atoms with Gasteiger partial charge in [0, 0.05) is 52.1 Å². The average molecular weight is 570 g/mol. The molecular formula is C26H18ClF2N5O4S. The standard InChI is InChI=1S/C26H18ClF2N5O4S/c27-15-3-5-20-18(11-15)23(17-2-1-8-32-25(17)35)24(34(20)13-14-7-9-31-22(30)10-14)26(36)33-39(37,38)21-6-4-16(28)12-19(21)29/h1-12H,13H2,(H2,30,31)(H,32,35)(H,33,36). The Kier molecular flexibility index (Phi) is 6.66. The number of benzene rings is 2. The van der Waals surface area contributed by atoms with Gasteiger partial charge in [0.05, 0.1) is 0 Å². The second-order valence-corrected chi connectivity index (χ2v) is 10.6. The minimum Gasteiger partial charge on any atom is -0.384 e. The lowest BCUT2D eigenvalue weighted by atomic mass is 10.0. The number of H-pyrrole nitrogens is 1. The summed E-state index contributed by atoms with van der Waals surface area (Å²) in [5.41, 5.74) is 6.29. The van der Waals surface area contributed by atoms with Gasteiger partial charge in [0.2, 0.25) is 0 Å². The minimum absolute atomic E-state index is 0.0172. The molecule has 0 bridgehead atoms. The van der Waals surface area contributed by atoms with Crippen molar-refractivity contribution in [1.82, 2.24) is 19.3 Å². The Bertz CT molecular complexity index is 1940. The number of nitrogens with one attached hydrogen (secondary N) is 2. The van der Waals surface area contributed by atoms with Gasteiger partial charge in [-0.25, -0.2) is 26.9 Å². The lowest BCUT2D eigenvalue weighted by molar-refractivity contribution is 0.0974. The van der Waals surface area contributed by atoms with Crippen molar-refractivity contribution in [2.75, 3.05) is 5.73 Å². The summed E-state index contributed by atoms with van der Waals surface area (Å²) in [7, 11) is -4.80. The summed E-state index contributed by atoms with van der Waals surface area (Å²) in [5.74, 6) is -3.31. The van der Waals surface area contributed by atoms with E-state index in [1.54, 1.807) is 36.4 Å². The second kappa shape index (κ2) is 9.97.